The van der Waals surface area contributed by atoms with Crippen LogP contribution in [0, 0.1) is 24.5 Å². The summed E-state index contributed by atoms with van der Waals surface area (Å²) < 4.78 is 27.6. The average Bonchev–Trinajstić information content (AvgIpc) is 3.32. The molecule has 0 N–H and O–H groups in total. The van der Waals surface area contributed by atoms with Gasteiger partial charge in [-0.25, -0.2) is 13.8 Å². The monoisotopic (exact) mass is 427 g/mol. The fraction of sp³-hybridized carbons (Fsp3) is 0.227. The lowest BCUT2D eigenvalue weighted by Gasteiger charge is -2.25. The van der Waals surface area contributed by atoms with Gasteiger partial charge in [0, 0.05) is 24.0 Å². The summed E-state index contributed by atoms with van der Waals surface area (Å²) in [4.78, 5) is 33.2. The number of aromatic nitrogens is 1. The highest BCUT2D eigenvalue weighted by atomic mass is 32.1. The highest BCUT2D eigenvalue weighted by Crippen LogP contribution is 2.30. The number of hydrogen-bond donors (Lipinski definition) is 0. The van der Waals surface area contributed by atoms with Crippen molar-refractivity contribution in [1.29, 1.82) is 0 Å². The quantitative estimate of drug-likeness (QED) is 0.610. The van der Waals surface area contributed by atoms with Crippen LogP contribution in [0.3, 0.4) is 0 Å². The molecule has 0 aliphatic carbocycles. The molecular weight excluding hydrogens is 408 g/mol. The zero-order valence-corrected chi connectivity index (χ0v) is 17.0. The Morgan fingerprint density at radius 2 is 1.93 bits per heavy atom. The van der Waals surface area contributed by atoms with Gasteiger partial charge < -0.3 is 9.80 Å². The molecule has 1 saturated heterocycles. The predicted octanol–water partition coefficient (Wildman–Crippen LogP) is 4.32. The first kappa shape index (κ1) is 20.2. The zero-order chi connectivity index (χ0) is 21.3. The molecule has 0 radical (unpaired) electrons. The number of halogens is 2. The van der Waals surface area contributed by atoms with Crippen molar-refractivity contribution in [2.45, 2.75) is 19.9 Å². The molecule has 0 bridgehead atoms. The molecular formula is C22H19F2N3O2S. The van der Waals surface area contributed by atoms with E-state index >= 15 is 0 Å². The van der Waals surface area contributed by atoms with Crippen molar-refractivity contribution in [3.05, 3.63) is 76.2 Å². The maximum atomic E-state index is 14.2. The summed E-state index contributed by atoms with van der Waals surface area (Å²) >= 11 is 1.47. The van der Waals surface area contributed by atoms with Gasteiger partial charge in [-0.2, -0.15) is 0 Å². The van der Waals surface area contributed by atoms with Crippen LogP contribution >= 0.6 is 11.3 Å². The molecule has 1 aliphatic heterocycles. The zero-order valence-electron chi connectivity index (χ0n) is 16.2. The molecule has 5 nitrogen and oxygen atoms in total. The van der Waals surface area contributed by atoms with Gasteiger partial charge in [-0.05, 0) is 43.3 Å². The first-order chi connectivity index (χ1) is 14.4. The van der Waals surface area contributed by atoms with Gasteiger partial charge in [0.05, 0.1) is 28.9 Å². The third-order valence-electron chi connectivity index (χ3n) is 5.01. The van der Waals surface area contributed by atoms with Crippen molar-refractivity contribution in [3.8, 4) is 0 Å². The number of amides is 2. The lowest BCUT2D eigenvalue weighted by Crippen LogP contribution is -2.37. The van der Waals surface area contributed by atoms with Crippen molar-refractivity contribution in [1.82, 2.24) is 4.98 Å². The molecule has 154 valence electrons. The molecule has 1 atom stereocenters. The van der Waals surface area contributed by atoms with Crippen LogP contribution in [-0.4, -0.2) is 23.3 Å². The van der Waals surface area contributed by atoms with Gasteiger partial charge in [0.15, 0.2) is 0 Å². The predicted molar refractivity (Wildman–Crippen MR) is 111 cm³/mol. The van der Waals surface area contributed by atoms with Crippen LogP contribution < -0.4 is 9.80 Å². The highest BCUT2D eigenvalue weighted by Gasteiger charge is 2.38. The Morgan fingerprint density at radius 1 is 1.20 bits per heavy atom. The fourth-order valence-corrected chi connectivity index (χ4v) is 4.16. The van der Waals surface area contributed by atoms with E-state index in [1.807, 2.05) is 12.3 Å². The van der Waals surface area contributed by atoms with Gasteiger partial charge in [0.2, 0.25) is 11.8 Å². The number of benzene rings is 2. The van der Waals surface area contributed by atoms with E-state index in [0.717, 1.165) is 5.01 Å². The van der Waals surface area contributed by atoms with Crippen LogP contribution in [0.4, 0.5) is 20.2 Å². The molecule has 1 aliphatic rings. The minimum absolute atomic E-state index is 0.0129. The average molecular weight is 427 g/mol. The van der Waals surface area contributed by atoms with Crippen molar-refractivity contribution in [3.63, 3.8) is 0 Å². The van der Waals surface area contributed by atoms with E-state index in [1.54, 1.807) is 12.1 Å². The van der Waals surface area contributed by atoms with E-state index in [4.69, 9.17) is 0 Å². The van der Waals surface area contributed by atoms with Crippen molar-refractivity contribution in [2.75, 3.05) is 16.3 Å². The van der Waals surface area contributed by atoms with Crippen LogP contribution in [-0.2, 0) is 16.1 Å². The Morgan fingerprint density at radius 3 is 2.60 bits per heavy atom. The van der Waals surface area contributed by atoms with E-state index in [1.165, 1.54) is 57.5 Å². The number of carbonyl (C=O) groups is 2. The number of anilines is 2. The molecule has 1 fully saturated rings. The molecule has 8 heteroatoms. The molecule has 2 aromatic carbocycles. The van der Waals surface area contributed by atoms with Crippen molar-refractivity contribution < 1.29 is 18.4 Å². The highest BCUT2D eigenvalue weighted by molar-refractivity contribution is 7.09. The summed E-state index contributed by atoms with van der Waals surface area (Å²) in [6, 6.07) is 11.6. The smallest absolute Gasteiger partial charge is 0.232 e. The molecule has 30 heavy (non-hydrogen) atoms. The number of carbonyl (C=O) groups excluding carboxylic acids is 2. The number of aryl methyl sites for hydroxylation is 1. The maximum absolute atomic E-state index is 14.2. The normalized spacial score (nSPS) is 16.2. The van der Waals surface area contributed by atoms with Crippen LogP contribution in [0.25, 0.3) is 0 Å². The molecule has 1 unspecified atom stereocenters. The van der Waals surface area contributed by atoms with Gasteiger partial charge in [-0.1, -0.05) is 12.1 Å². The molecule has 0 saturated carbocycles. The van der Waals surface area contributed by atoms with Gasteiger partial charge in [-0.3, -0.25) is 9.59 Å². The standard InChI is InChI=1S/C22H19F2N3O2S/c1-14-25-17(13-30-14)12-26(18-8-6-16(23)7-9-18)22(29)15-10-21(28)27(11-15)20-5-3-2-4-19(20)24/h2-9,13,15H,10-12H2,1H3. The van der Waals surface area contributed by atoms with Crippen LogP contribution in [0.2, 0.25) is 0 Å². The first-order valence-corrected chi connectivity index (χ1v) is 10.3. The van der Waals surface area contributed by atoms with Crippen molar-refractivity contribution in [2.24, 2.45) is 5.92 Å². The van der Waals surface area contributed by atoms with E-state index < -0.39 is 17.6 Å². The van der Waals surface area contributed by atoms with Crippen molar-refractivity contribution >= 4 is 34.5 Å². The summed E-state index contributed by atoms with van der Waals surface area (Å²) in [7, 11) is 0. The number of hydrogen-bond acceptors (Lipinski definition) is 4. The summed E-state index contributed by atoms with van der Waals surface area (Å²) in [6.07, 6.45) is -0.0129. The largest absolute Gasteiger partial charge is 0.309 e. The minimum atomic E-state index is -0.637. The second kappa shape index (κ2) is 8.31. The molecule has 2 amide bonds. The molecule has 1 aromatic heterocycles. The molecule has 0 spiro atoms. The van der Waals surface area contributed by atoms with E-state index in [2.05, 4.69) is 4.98 Å². The minimum Gasteiger partial charge on any atom is -0.309 e. The topological polar surface area (TPSA) is 53.5 Å². The molecule has 3 aromatic rings. The molecule has 2 heterocycles. The summed E-state index contributed by atoms with van der Waals surface area (Å²) in [5, 5.41) is 2.74. The third kappa shape index (κ3) is 4.09. The number of thiazole rings is 1. The Hall–Kier alpha value is -3.13. The van der Waals surface area contributed by atoms with Gasteiger partial charge >= 0.3 is 0 Å². The Kier molecular flexibility index (Phi) is 5.59. The Bertz CT molecular complexity index is 1080. The summed E-state index contributed by atoms with van der Waals surface area (Å²) in [5.74, 6) is -2.13. The fourth-order valence-electron chi connectivity index (χ4n) is 3.56. The van der Waals surface area contributed by atoms with E-state index in [9.17, 15) is 18.4 Å². The van der Waals surface area contributed by atoms with E-state index in [0.29, 0.717) is 11.4 Å². The SMILES string of the molecule is Cc1nc(CN(C(=O)C2CC(=O)N(c3ccccc3F)C2)c2ccc(F)cc2)cs1. The van der Waals surface area contributed by atoms with Gasteiger partial charge in [-0.15, -0.1) is 11.3 Å². The Balaban J connectivity index is 1.60. The lowest BCUT2D eigenvalue weighted by atomic mass is 10.1. The van der Waals surface area contributed by atoms with E-state index in [-0.39, 0.29) is 37.0 Å². The number of para-hydroxylation sites is 1. The Labute approximate surface area is 176 Å². The first-order valence-electron chi connectivity index (χ1n) is 9.45. The van der Waals surface area contributed by atoms with Gasteiger partial charge in [0.25, 0.3) is 0 Å². The second-order valence-electron chi connectivity index (χ2n) is 7.12. The summed E-state index contributed by atoms with van der Waals surface area (Å²) in [6.45, 7) is 2.17. The number of nitrogens with zero attached hydrogens (tertiary/aromatic N) is 3. The maximum Gasteiger partial charge on any atom is 0.232 e. The van der Waals surface area contributed by atoms with Gasteiger partial charge in [0.1, 0.15) is 11.6 Å². The third-order valence-corrected chi connectivity index (χ3v) is 5.83. The van der Waals surface area contributed by atoms with Crippen LogP contribution in [0.15, 0.2) is 53.9 Å². The van der Waals surface area contributed by atoms with Crippen LogP contribution in [0.1, 0.15) is 17.1 Å². The summed E-state index contributed by atoms with van der Waals surface area (Å²) in [5.41, 5.74) is 1.40. The number of rotatable bonds is 5. The lowest BCUT2D eigenvalue weighted by molar-refractivity contribution is -0.124. The second-order valence-corrected chi connectivity index (χ2v) is 8.18. The van der Waals surface area contributed by atoms with Crippen LogP contribution in [0.5, 0.6) is 0 Å². The molecule has 4 rings (SSSR count).